The summed E-state index contributed by atoms with van der Waals surface area (Å²) in [4.78, 5) is 11.8. The number of hydrogen-bond acceptors (Lipinski definition) is 3. The van der Waals surface area contributed by atoms with Crippen LogP contribution < -0.4 is 5.32 Å². The monoisotopic (exact) mass is 352 g/mol. The Labute approximate surface area is 135 Å². The molecule has 0 unspecified atom stereocenters. The Morgan fingerprint density at radius 1 is 1.19 bits per heavy atom. The SMILES string of the molecule is CN(CC(=O)NC(C)(C)C)S(=O)(=O)c1cc(Cl)cc(Cl)c1. The van der Waals surface area contributed by atoms with Gasteiger partial charge in [-0.15, -0.1) is 0 Å². The van der Waals surface area contributed by atoms with Gasteiger partial charge in [0.15, 0.2) is 0 Å². The fourth-order valence-electron chi connectivity index (χ4n) is 1.60. The molecule has 0 saturated heterocycles. The number of sulfonamides is 1. The van der Waals surface area contributed by atoms with Crippen molar-refractivity contribution in [3.05, 3.63) is 28.2 Å². The Hall–Kier alpha value is -0.820. The molecule has 8 heteroatoms. The second-order valence-electron chi connectivity index (χ2n) is 5.66. The van der Waals surface area contributed by atoms with Crippen LogP contribution in [-0.2, 0) is 14.8 Å². The van der Waals surface area contributed by atoms with Crippen molar-refractivity contribution in [3.8, 4) is 0 Å². The molecule has 0 bridgehead atoms. The van der Waals surface area contributed by atoms with E-state index in [1.807, 2.05) is 20.8 Å². The molecule has 0 heterocycles. The highest BCUT2D eigenvalue weighted by Crippen LogP contribution is 2.24. The smallest absolute Gasteiger partial charge is 0.243 e. The van der Waals surface area contributed by atoms with Crippen molar-refractivity contribution in [1.82, 2.24) is 9.62 Å². The van der Waals surface area contributed by atoms with Crippen LogP contribution >= 0.6 is 23.2 Å². The van der Waals surface area contributed by atoms with Crippen molar-refractivity contribution < 1.29 is 13.2 Å². The lowest BCUT2D eigenvalue weighted by Crippen LogP contribution is -2.46. The normalized spacial score (nSPS) is 12.5. The predicted molar refractivity (Wildman–Crippen MR) is 84.2 cm³/mol. The molecule has 1 aromatic rings. The third-order valence-corrected chi connectivity index (χ3v) is 4.64. The fourth-order valence-corrected chi connectivity index (χ4v) is 3.46. The van der Waals surface area contributed by atoms with Gasteiger partial charge in [-0.25, -0.2) is 8.42 Å². The zero-order valence-electron chi connectivity index (χ0n) is 12.3. The van der Waals surface area contributed by atoms with Crippen molar-refractivity contribution in [2.75, 3.05) is 13.6 Å². The first-order valence-corrected chi connectivity index (χ1v) is 8.35. The van der Waals surface area contributed by atoms with E-state index in [2.05, 4.69) is 5.32 Å². The van der Waals surface area contributed by atoms with Crippen LogP contribution in [0.25, 0.3) is 0 Å². The molecule has 0 radical (unpaired) electrons. The lowest BCUT2D eigenvalue weighted by molar-refractivity contribution is -0.122. The number of rotatable bonds is 4. The molecule has 0 aliphatic rings. The minimum atomic E-state index is -3.83. The molecule has 1 rings (SSSR count). The minimum absolute atomic E-state index is 0.0499. The average molecular weight is 353 g/mol. The number of nitrogens with one attached hydrogen (secondary N) is 1. The molecule has 0 aliphatic carbocycles. The van der Waals surface area contributed by atoms with E-state index in [1.165, 1.54) is 25.2 Å². The number of amides is 1. The highest BCUT2D eigenvalue weighted by Gasteiger charge is 2.25. The molecular weight excluding hydrogens is 335 g/mol. The molecule has 1 aromatic carbocycles. The molecule has 1 N–H and O–H groups in total. The minimum Gasteiger partial charge on any atom is -0.350 e. The Morgan fingerprint density at radius 2 is 1.67 bits per heavy atom. The molecule has 0 saturated carbocycles. The maximum atomic E-state index is 12.4. The van der Waals surface area contributed by atoms with E-state index in [0.717, 1.165) is 4.31 Å². The van der Waals surface area contributed by atoms with Gasteiger partial charge in [-0.3, -0.25) is 4.79 Å². The fraction of sp³-hybridized carbons (Fsp3) is 0.462. The molecule has 0 aromatic heterocycles. The van der Waals surface area contributed by atoms with E-state index >= 15 is 0 Å². The number of likely N-dealkylation sites (N-methyl/N-ethyl adjacent to an activating group) is 1. The molecule has 0 atom stereocenters. The lowest BCUT2D eigenvalue weighted by Gasteiger charge is -2.23. The Morgan fingerprint density at radius 3 is 2.10 bits per heavy atom. The van der Waals surface area contributed by atoms with Gasteiger partial charge in [-0.2, -0.15) is 4.31 Å². The van der Waals surface area contributed by atoms with E-state index < -0.39 is 15.6 Å². The summed E-state index contributed by atoms with van der Waals surface area (Å²) in [6, 6.07) is 4.02. The van der Waals surface area contributed by atoms with Crippen molar-refractivity contribution >= 4 is 39.1 Å². The Balaban J connectivity index is 2.94. The molecule has 0 spiro atoms. The van der Waals surface area contributed by atoms with Crippen LogP contribution in [0.1, 0.15) is 20.8 Å². The number of nitrogens with zero attached hydrogens (tertiary/aromatic N) is 1. The number of halogens is 2. The molecular formula is C13H18Cl2N2O3S. The standard InChI is InChI=1S/C13H18Cl2N2O3S/c1-13(2,3)16-12(18)8-17(4)21(19,20)11-6-9(14)5-10(15)7-11/h5-7H,8H2,1-4H3,(H,16,18). The molecule has 5 nitrogen and oxygen atoms in total. The van der Waals surface area contributed by atoms with Gasteiger partial charge < -0.3 is 5.32 Å². The average Bonchev–Trinajstić information content (AvgIpc) is 2.24. The van der Waals surface area contributed by atoms with Crippen molar-refractivity contribution in [2.45, 2.75) is 31.2 Å². The van der Waals surface area contributed by atoms with Crippen LogP contribution in [0.2, 0.25) is 10.0 Å². The quantitative estimate of drug-likeness (QED) is 0.905. The van der Waals surface area contributed by atoms with Crippen LogP contribution in [-0.4, -0.2) is 37.8 Å². The maximum absolute atomic E-state index is 12.4. The van der Waals surface area contributed by atoms with Gasteiger partial charge >= 0.3 is 0 Å². The van der Waals surface area contributed by atoms with Gasteiger partial charge in [0.1, 0.15) is 0 Å². The molecule has 118 valence electrons. The predicted octanol–water partition coefficient (Wildman–Crippen LogP) is 2.53. The van der Waals surface area contributed by atoms with Gasteiger partial charge in [-0.05, 0) is 39.0 Å². The molecule has 21 heavy (non-hydrogen) atoms. The van der Waals surface area contributed by atoms with E-state index in [-0.39, 0.29) is 27.4 Å². The zero-order chi connectivity index (χ0) is 16.4. The number of carbonyl (C=O) groups excluding carboxylic acids is 1. The third-order valence-electron chi connectivity index (χ3n) is 2.42. The maximum Gasteiger partial charge on any atom is 0.243 e. The van der Waals surface area contributed by atoms with Crippen LogP contribution in [0.5, 0.6) is 0 Å². The number of carbonyl (C=O) groups is 1. The number of hydrogen-bond donors (Lipinski definition) is 1. The van der Waals surface area contributed by atoms with Gasteiger partial charge in [0, 0.05) is 22.6 Å². The summed E-state index contributed by atoms with van der Waals surface area (Å²) >= 11 is 11.6. The van der Waals surface area contributed by atoms with E-state index in [1.54, 1.807) is 0 Å². The van der Waals surface area contributed by atoms with E-state index in [4.69, 9.17) is 23.2 Å². The third kappa shape index (κ3) is 5.47. The van der Waals surface area contributed by atoms with Gasteiger partial charge in [-0.1, -0.05) is 23.2 Å². The molecule has 0 aliphatic heterocycles. The van der Waals surface area contributed by atoms with Crippen LogP contribution in [0.15, 0.2) is 23.1 Å². The van der Waals surface area contributed by atoms with Gasteiger partial charge in [0.2, 0.25) is 15.9 Å². The first-order valence-electron chi connectivity index (χ1n) is 6.15. The summed E-state index contributed by atoms with van der Waals surface area (Å²) in [6.45, 7) is 5.16. The summed E-state index contributed by atoms with van der Waals surface area (Å²) in [5.74, 6) is -0.387. The summed E-state index contributed by atoms with van der Waals surface area (Å²) in [5.41, 5.74) is -0.430. The summed E-state index contributed by atoms with van der Waals surface area (Å²) in [6.07, 6.45) is 0. The van der Waals surface area contributed by atoms with E-state index in [9.17, 15) is 13.2 Å². The Kier molecular flexibility index (Phi) is 5.66. The first kappa shape index (κ1) is 18.2. The Bertz CT molecular complexity index is 619. The number of benzene rings is 1. The van der Waals surface area contributed by atoms with Crippen molar-refractivity contribution in [2.24, 2.45) is 0 Å². The van der Waals surface area contributed by atoms with Crippen LogP contribution in [0.4, 0.5) is 0 Å². The lowest BCUT2D eigenvalue weighted by atomic mass is 10.1. The van der Waals surface area contributed by atoms with Crippen LogP contribution in [0.3, 0.4) is 0 Å². The van der Waals surface area contributed by atoms with Gasteiger partial charge in [0.05, 0.1) is 11.4 Å². The van der Waals surface area contributed by atoms with E-state index in [0.29, 0.717) is 0 Å². The molecule has 0 fully saturated rings. The summed E-state index contributed by atoms with van der Waals surface area (Å²) in [5, 5.41) is 3.13. The van der Waals surface area contributed by atoms with Crippen molar-refractivity contribution in [1.29, 1.82) is 0 Å². The second-order valence-corrected chi connectivity index (χ2v) is 8.58. The topological polar surface area (TPSA) is 66.5 Å². The second kappa shape index (κ2) is 6.52. The molecule has 1 amide bonds. The highest BCUT2D eigenvalue weighted by molar-refractivity contribution is 7.89. The van der Waals surface area contributed by atoms with Crippen molar-refractivity contribution in [3.63, 3.8) is 0 Å². The summed E-state index contributed by atoms with van der Waals surface area (Å²) < 4.78 is 25.7. The first-order chi connectivity index (χ1) is 9.41. The summed E-state index contributed by atoms with van der Waals surface area (Å²) in [7, 11) is -2.51. The zero-order valence-corrected chi connectivity index (χ0v) is 14.6. The largest absolute Gasteiger partial charge is 0.350 e. The highest BCUT2D eigenvalue weighted by atomic mass is 35.5. The van der Waals surface area contributed by atoms with Gasteiger partial charge in [0.25, 0.3) is 0 Å². The van der Waals surface area contributed by atoms with Crippen LogP contribution in [0, 0.1) is 0 Å².